The lowest BCUT2D eigenvalue weighted by molar-refractivity contribution is 0.362. The number of nitrogens with one attached hydrogen (secondary N) is 1. The zero-order chi connectivity index (χ0) is 14.9. The molecule has 1 N–H and O–H groups in total. The summed E-state index contributed by atoms with van der Waals surface area (Å²) in [6.45, 7) is 1.81. The van der Waals surface area contributed by atoms with E-state index in [0.29, 0.717) is 31.2 Å². The zero-order valence-corrected chi connectivity index (χ0v) is 12.5. The third-order valence-electron chi connectivity index (χ3n) is 2.99. The van der Waals surface area contributed by atoms with Crippen molar-refractivity contribution in [3.63, 3.8) is 0 Å². The van der Waals surface area contributed by atoms with Crippen LogP contribution >= 0.6 is 12.2 Å². The molecule has 0 aliphatic carbocycles. The molecule has 0 saturated carbocycles. The summed E-state index contributed by atoms with van der Waals surface area (Å²) in [7, 11) is 0. The predicted octanol–water partition coefficient (Wildman–Crippen LogP) is 3.07. The van der Waals surface area contributed by atoms with Gasteiger partial charge in [0.2, 0.25) is 0 Å². The first-order valence-electron chi connectivity index (χ1n) is 6.75. The fourth-order valence-corrected chi connectivity index (χ4v) is 2.14. The van der Waals surface area contributed by atoms with Crippen LogP contribution in [0.3, 0.4) is 0 Å². The minimum absolute atomic E-state index is 0.424. The number of benzene rings is 1. The number of hydrogen-bond donors (Lipinski definition) is 1. The Bertz CT molecular complexity index is 590. The van der Waals surface area contributed by atoms with Crippen molar-refractivity contribution in [3.05, 3.63) is 60.1 Å². The van der Waals surface area contributed by atoms with E-state index >= 15 is 0 Å². The Balaban J connectivity index is 1.92. The van der Waals surface area contributed by atoms with Gasteiger partial charge >= 0.3 is 0 Å². The molecule has 4 nitrogen and oxygen atoms in total. The average Bonchev–Trinajstić information content (AvgIpc) is 3.03. The highest BCUT2D eigenvalue weighted by atomic mass is 32.1. The molecule has 0 unspecified atom stereocenters. The van der Waals surface area contributed by atoms with E-state index in [1.807, 2.05) is 47.4 Å². The van der Waals surface area contributed by atoms with Gasteiger partial charge in [0.1, 0.15) is 5.76 Å². The van der Waals surface area contributed by atoms with Gasteiger partial charge in [0, 0.05) is 13.1 Å². The summed E-state index contributed by atoms with van der Waals surface area (Å²) in [5, 5.41) is 12.6. The highest BCUT2D eigenvalue weighted by Gasteiger charge is 2.11. The zero-order valence-electron chi connectivity index (χ0n) is 11.7. The number of nitrogens with zero attached hydrogens (tertiary/aromatic N) is 2. The number of thiocarbonyl (C=S) groups is 1. The second-order valence-corrected chi connectivity index (χ2v) is 4.94. The summed E-state index contributed by atoms with van der Waals surface area (Å²) >= 11 is 5.42. The second-order valence-electron chi connectivity index (χ2n) is 4.55. The van der Waals surface area contributed by atoms with Gasteiger partial charge in [-0.15, -0.1) is 0 Å². The molecule has 0 aliphatic rings. The smallest absolute Gasteiger partial charge is 0.169 e. The first-order chi connectivity index (χ1) is 10.3. The molecule has 1 heterocycles. The fraction of sp³-hybridized carbons (Fsp3) is 0.250. The lowest BCUT2D eigenvalue weighted by atomic mass is 10.2. The van der Waals surface area contributed by atoms with Crippen molar-refractivity contribution in [2.75, 3.05) is 6.54 Å². The second kappa shape index (κ2) is 8.08. The molecule has 1 aromatic carbocycles. The van der Waals surface area contributed by atoms with Gasteiger partial charge in [-0.05, 0) is 29.9 Å². The van der Waals surface area contributed by atoms with Gasteiger partial charge in [-0.1, -0.05) is 30.3 Å². The van der Waals surface area contributed by atoms with E-state index in [1.54, 1.807) is 6.26 Å². The van der Waals surface area contributed by atoms with Crippen LogP contribution in [0.4, 0.5) is 0 Å². The maximum absolute atomic E-state index is 8.77. The lowest BCUT2D eigenvalue weighted by Gasteiger charge is -2.24. The van der Waals surface area contributed by atoms with Crippen LogP contribution in [0, 0.1) is 11.3 Å². The van der Waals surface area contributed by atoms with Crippen molar-refractivity contribution in [3.8, 4) is 6.07 Å². The first kappa shape index (κ1) is 15.1. The average molecular weight is 299 g/mol. The SMILES string of the molecule is N#CCCN(Cc1ccco1)C(=S)NCc1ccccc1. The summed E-state index contributed by atoms with van der Waals surface area (Å²) in [4.78, 5) is 1.94. The molecule has 2 rings (SSSR count). The normalized spacial score (nSPS) is 9.86. The number of furan rings is 1. The van der Waals surface area contributed by atoms with Crippen molar-refractivity contribution in [2.24, 2.45) is 0 Å². The van der Waals surface area contributed by atoms with Gasteiger partial charge in [0.25, 0.3) is 0 Å². The first-order valence-corrected chi connectivity index (χ1v) is 7.16. The summed E-state index contributed by atoms with van der Waals surface area (Å²) in [6, 6.07) is 16.0. The Morgan fingerprint density at radius 2 is 2.05 bits per heavy atom. The summed E-state index contributed by atoms with van der Waals surface area (Å²) in [5.41, 5.74) is 1.16. The molecule has 21 heavy (non-hydrogen) atoms. The van der Waals surface area contributed by atoms with E-state index in [4.69, 9.17) is 21.9 Å². The van der Waals surface area contributed by atoms with Crippen LogP contribution in [0.1, 0.15) is 17.7 Å². The summed E-state index contributed by atoms with van der Waals surface area (Å²) in [6.07, 6.45) is 2.06. The summed E-state index contributed by atoms with van der Waals surface area (Å²) < 4.78 is 5.34. The molecule has 0 spiro atoms. The van der Waals surface area contributed by atoms with Crippen molar-refractivity contribution in [1.29, 1.82) is 5.26 Å². The van der Waals surface area contributed by atoms with E-state index in [-0.39, 0.29) is 0 Å². The number of rotatable bonds is 6. The van der Waals surface area contributed by atoms with Crippen molar-refractivity contribution in [1.82, 2.24) is 10.2 Å². The predicted molar refractivity (Wildman–Crippen MR) is 85.2 cm³/mol. The third-order valence-corrected chi connectivity index (χ3v) is 3.40. The fourth-order valence-electron chi connectivity index (χ4n) is 1.91. The van der Waals surface area contributed by atoms with Crippen molar-refractivity contribution >= 4 is 17.3 Å². The Morgan fingerprint density at radius 3 is 2.71 bits per heavy atom. The molecule has 0 bridgehead atoms. The van der Waals surface area contributed by atoms with Crippen LogP contribution in [0.25, 0.3) is 0 Å². The van der Waals surface area contributed by atoms with Crippen LogP contribution < -0.4 is 5.32 Å². The van der Waals surface area contributed by atoms with Crippen LogP contribution in [0.15, 0.2) is 53.1 Å². The molecule has 2 aromatic rings. The van der Waals surface area contributed by atoms with Gasteiger partial charge in [-0.25, -0.2) is 0 Å². The lowest BCUT2D eigenvalue weighted by Crippen LogP contribution is -2.39. The quantitative estimate of drug-likeness (QED) is 0.831. The molecule has 0 fully saturated rings. The van der Waals surface area contributed by atoms with Gasteiger partial charge in [-0.3, -0.25) is 0 Å². The van der Waals surface area contributed by atoms with E-state index in [2.05, 4.69) is 11.4 Å². The molecule has 0 amide bonds. The monoisotopic (exact) mass is 299 g/mol. The number of nitriles is 1. The van der Waals surface area contributed by atoms with Gasteiger partial charge in [-0.2, -0.15) is 5.26 Å². The Labute approximate surface area is 130 Å². The Kier molecular flexibility index (Phi) is 5.80. The van der Waals surface area contributed by atoms with Gasteiger partial charge in [0.15, 0.2) is 5.11 Å². The molecule has 1 aromatic heterocycles. The van der Waals surface area contributed by atoms with E-state index in [0.717, 1.165) is 11.3 Å². The molecule has 5 heteroatoms. The highest BCUT2D eigenvalue weighted by molar-refractivity contribution is 7.80. The Morgan fingerprint density at radius 1 is 1.24 bits per heavy atom. The standard InChI is InChI=1S/C16H17N3OS/c17-9-5-10-19(13-15-8-4-11-20-15)16(21)18-12-14-6-2-1-3-7-14/h1-4,6-8,11H,5,10,12-13H2,(H,18,21). The van der Waals surface area contributed by atoms with E-state index in [9.17, 15) is 0 Å². The van der Waals surface area contributed by atoms with Crippen molar-refractivity contribution < 1.29 is 4.42 Å². The molecular weight excluding hydrogens is 282 g/mol. The molecule has 0 radical (unpaired) electrons. The van der Waals surface area contributed by atoms with Crippen LogP contribution in [0.5, 0.6) is 0 Å². The molecule has 0 atom stereocenters. The van der Waals surface area contributed by atoms with Crippen LogP contribution in [0.2, 0.25) is 0 Å². The maximum Gasteiger partial charge on any atom is 0.169 e. The maximum atomic E-state index is 8.77. The molecular formula is C16H17N3OS. The van der Waals surface area contributed by atoms with E-state index in [1.165, 1.54) is 0 Å². The van der Waals surface area contributed by atoms with Crippen LogP contribution in [-0.2, 0) is 13.1 Å². The number of hydrogen-bond acceptors (Lipinski definition) is 3. The van der Waals surface area contributed by atoms with Crippen LogP contribution in [-0.4, -0.2) is 16.6 Å². The Hall–Kier alpha value is -2.32. The van der Waals surface area contributed by atoms with Crippen molar-refractivity contribution in [2.45, 2.75) is 19.5 Å². The highest BCUT2D eigenvalue weighted by Crippen LogP contribution is 2.07. The van der Waals surface area contributed by atoms with E-state index < -0.39 is 0 Å². The molecule has 108 valence electrons. The largest absolute Gasteiger partial charge is 0.467 e. The third kappa shape index (κ3) is 4.93. The molecule has 0 saturated heterocycles. The van der Waals surface area contributed by atoms with Gasteiger partial charge < -0.3 is 14.6 Å². The van der Waals surface area contributed by atoms with Gasteiger partial charge in [0.05, 0.1) is 25.3 Å². The molecule has 0 aliphatic heterocycles. The summed E-state index contributed by atoms with van der Waals surface area (Å²) in [5.74, 6) is 0.830. The minimum Gasteiger partial charge on any atom is -0.467 e. The topological polar surface area (TPSA) is 52.2 Å². The minimum atomic E-state index is 0.424.